The van der Waals surface area contributed by atoms with Gasteiger partial charge in [0.15, 0.2) is 0 Å². The fraction of sp³-hybridized carbons (Fsp3) is 1.00. The lowest BCUT2D eigenvalue weighted by Crippen LogP contribution is -2.35. The first kappa shape index (κ1) is 40.3. The lowest BCUT2D eigenvalue weighted by atomic mass is 9.77. The summed E-state index contributed by atoms with van der Waals surface area (Å²) in [6.07, 6.45) is 25.5. The van der Waals surface area contributed by atoms with Crippen LogP contribution in [-0.2, 0) is 0 Å². The Labute approximate surface area is 260 Å². The number of hydrogen-bond donors (Lipinski definition) is 1. The Morgan fingerprint density at radius 3 is 1.60 bits per heavy atom. The summed E-state index contributed by atoms with van der Waals surface area (Å²) in [4.78, 5) is 0. The zero-order valence-corrected chi connectivity index (χ0v) is 30.5. The normalized spacial score (nSPS) is 16.8. The minimum atomic E-state index is 0.704. The van der Waals surface area contributed by atoms with E-state index in [4.69, 9.17) is 0 Å². The molecule has 0 aromatic carbocycles. The van der Waals surface area contributed by atoms with Crippen molar-refractivity contribution in [1.82, 2.24) is 5.32 Å². The van der Waals surface area contributed by atoms with Crippen LogP contribution in [0.1, 0.15) is 178 Å². The van der Waals surface area contributed by atoms with Gasteiger partial charge >= 0.3 is 0 Å². The largest absolute Gasteiger partial charge is 0.317 e. The van der Waals surface area contributed by atoms with Gasteiger partial charge in [-0.15, -0.1) is 0 Å². The maximum Gasteiger partial charge on any atom is 0.00898 e. The van der Waals surface area contributed by atoms with Gasteiger partial charge in [0.1, 0.15) is 0 Å². The highest BCUT2D eigenvalue weighted by molar-refractivity contribution is 7.99. The van der Waals surface area contributed by atoms with Gasteiger partial charge < -0.3 is 5.32 Å². The fourth-order valence-corrected chi connectivity index (χ4v) is 8.09. The van der Waals surface area contributed by atoms with E-state index in [1.165, 1.54) is 127 Å². The zero-order valence-electron chi connectivity index (χ0n) is 29.7. The first-order valence-electron chi connectivity index (χ1n) is 18.4. The summed E-state index contributed by atoms with van der Waals surface area (Å²) in [5.74, 6) is 8.96. The van der Waals surface area contributed by atoms with Gasteiger partial charge in [0.25, 0.3) is 0 Å². The summed E-state index contributed by atoms with van der Waals surface area (Å²) in [5.41, 5.74) is 0. The van der Waals surface area contributed by atoms with Gasteiger partial charge in [0.05, 0.1) is 0 Å². The van der Waals surface area contributed by atoms with Crippen LogP contribution in [0, 0.1) is 41.4 Å². The number of nitrogens with one attached hydrogen (secondary N) is 1. The molecule has 0 saturated carbocycles. The second-order valence-electron chi connectivity index (χ2n) is 14.5. The van der Waals surface area contributed by atoms with Crippen molar-refractivity contribution in [3.63, 3.8) is 0 Å². The Hall–Kier alpha value is 0.310. The molecule has 0 heterocycles. The van der Waals surface area contributed by atoms with E-state index in [1.54, 1.807) is 0 Å². The Bertz CT molecular complexity index is 514. The first-order chi connectivity index (χ1) is 19.2. The van der Waals surface area contributed by atoms with Gasteiger partial charge in [0, 0.05) is 6.04 Å². The molecule has 0 spiro atoms. The van der Waals surface area contributed by atoms with E-state index in [2.05, 4.69) is 86.4 Å². The molecule has 1 nitrogen and oxygen atoms in total. The van der Waals surface area contributed by atoms with Crippen LogP contribution in [0.5, 0.6) is 0 Å². The molecule has 0 bridgehead atoms. The summed E-state index contributed by atoms with van der Waals surface area (Å²) in [7, 11) is 2.18. The zero-order chi connectivity index (χ0) is 30.2. The predicted molar refractivity (Wildman–Crippen MR) is 189 cm³/mol. The van der Waals surface area contributed by atoms with E-state index in [-0.39, 0.29) is 0 Å². The van der Waals surface area contributed by atoms with Crippen molar-refractivity contribution < 1.29 is 0 Å². The molecule has 0 fully saturated rings. The fourth-order valence-electron chi connectivity index (χ4n) is 7.11. The molecule has 0 aliphatic carbocycles. The molecular weight excluding hydrogens is 502 g/mol. The van der Waals surface area contributed by atoms with E-state index >= 15 is 0 Å². The van der Waals surface area contributed by atoms with Crippen molar-refractivity contribution >= 4 is 11.8 Å². The van der Waals surface area contributed by atoms with Crippen molar-refractivity contribution in [3.05, 3.63) is 0 Å². The van der Waals surface area contributed by atoms with Gasteiger partial charge in [-0.1, -0.05) is 133 Å². The molecule has 0 amide bonds. The molecular formula is C38H79NS. The summed E-state index contributed by atoms with van der Waals surface area (Å²) in [6, 6.07) is 0.704. The van der Waals surface area contributed by atoms with Crippen LogP contribution < -0.4 is 5.32 Å². The van der Waals surface area contributed by atoms with Gasteiger partial charge in [0.2, 0.25) is 0 Å². The average molecular weight is 582 g/mol. The van der Waals surface area contributed by atoms with Gasteiger partial charge in [-0.25, -0.2) is 0 Å². The van der Waals surface area contributed by atoms with Crippen LogP contribution in [0.25, 0.3) is 0 Å². The third-order valence-corrected chi connectivity index (χ3v) is 11.5. The van der Waals surface area contributed by atoms with E-state index in [1.807, 2.05) is 0 Å². The summed E-state index contributed by atoms with van der Waals surface area (Å²) in [6.45, 7) is 21.7. The number of thioether (sulfide) groups is 1. The standard InChI is InChI=1S/C38H79NS/c1-11-34(9)35(12-2)30-37(38(13-3)39-10)25-19-17-15-14-16-18-23-33(8)24-20-21-27-40-28-22-26-36(32(6)7)29-31(4)5/h31-39H,11-30H2,1-10H3. The van der Waals surface area contributed by atoms with E-state index in [0.29, 0.717) is 6.04 Å². The lowest BCUT2D eigenvalue weighted by molar-refractivity contribution is 0.217. The highest BCUT2D eigenvalue weighted by atomic mass is 32.2. The van der Waals surface area contributed by atoms with E-state index in [9.17, 15) is 0 Å². The maximum absolute atomic E-state index is 3.66. The third-order valence-electron chi connectivity index (χ3n) is 10.3. The minimum Gasteiger partial charge on any atom is -0.317 e. The number of rotatable bonds is 29. The van der Waals surface area contributed by atoms with E-state index in [0.717, 1.165) is 41.4 Å². The van der Waals surface area contributed by atoms with Crippen LogP contribution in [0.4, 0.5) is 0 Å². The average Bonchev–Trinajstić information content (AvgIpc) is 2.93. The van der Waals surface area contributed by atoms with Crippen molar-refractivity contribution in [3.8, 4) is 0 Å². The number of hydrogen-bond acceptors (Lipinski definition) is 2. The lowest BCUT2D eigenvalue weighted by Gasteiger charge is -2.32. The monoisotopic (exact) mass is 582 g/mol. The molecule has 0 aromatic rings. The molecule has 0 aromatic heterocycles. The minimum absolute atomic E-state index is 0.704. The maximum atomic E-state index is 3.66. The van der Waals surface area contributed by atoms with Crippen molar-refractivity contribution in [1.29, 1.82) is 0 Å². The predicted octanol–water partition coefficient (Wildman–Crippen LogP) is 12.8. The molecule has 6 atom stereocenters. The Morgan fingerprint density at radius 1 is 0.525 bits per heavy atom. The number of unbranched alkanes of at least 4 members (excludes halogenated alkanes) is 6. The van der Waals surface area contributed by atoms with Crippen LogP contribution in [-0.4, -0.2) is 24.6 Å². The summed E-state index contributed by atoms with van der Waals surface area (Å²) < 4.78 is 0. The SMILES string of the molecule is CCC(C)C(CC)CC(CCCCCCCCC(C)CCCCSCCCC(CC(C)C)C(C)C)C(CC)NC. The van der Waals surface area contributed by atoms with E-state index < -0.39 is 0 Å². The highest BCUT2D eigenvalue weighted by Gasteiger charge is 2.24. The summed E-state index contributed by atoms with van der Waals surface area (Å²) >= 11 is 2.22. The molecule has 242 valence electrons. The third kappa shape index (κ3) is 21.1. The molecule has 0 saturated heterocycles. The molecule has 0 rings (SSSR count). The second kappa shape index (κ2) is 26.9. The Kier molecular flexibility index (Phi) is 27.1. The topological polar surface area (TPSA) is 12.0 Å². The Balaban J connectivity index is 3.85. The highest BCUT2D eigenvalue weighted by Crippen LogP contribution is 2.31. The molecule has 0 aliphatic rings. The molecule has 6 unspecified atom stereocenters. The molecule has 2 heteroatoms. The first-order valence-corrected chi connectivity index (χ1v) is 19.6. The van der Waals surface area contributed by atoms with Crippen molar-refractivity contribution in [2.45, 2.75) is 184 Å². The second-order valence-corrected chi connectivity index (χ2v) is 15.8. The quantitative estimate of drug-likeness (QED) is 0.0881. The van der Waals surface area contributed by atoms with Crippen LogP contribution in [0.15, 0.2) is 0 Å². The Morgan fingerprint density at radius 2 is 1.07 bits per heavy atom. The molecule has 0 aliphatic heterocycles. The van der Waals surface area contributed by atoms with Crippen molar-refractivity contribution in [2.75, 3.05) is 18.6 Å². The smallest absolute Gasteiger partial charge is 0.00898 e. The molecule has 1 N–H and O–H groups in total. The van der Waals surface area contributed by atoms with Gasteiger partial charge in [-0.3, -0.25) is 0 Å². The van der Waals surface area contributed by atoms with Crippen LogP contribution in [0.2, 0.25) is 0 Å². The summed E-state index contributed by atoms with van der Waals surface area (Å²) in [5, 5.41) is 3.66. The van der Waals surface area contributed by atoms with Gasteiger partial charge in [-0.2, -0.15) is 11.8 Å². The molecule has 40 heavy (non-hydrogen) atoms. The van der Waals surface area contributed by atoms with Crippen LogP contribution in [0.3, 0.4) is 0 Å². The molecule has 0 radical (unpaired) electrons. The van der Waals surface area contributed by atoms with Crippen molar-refractivity contribution in [2.24, 2.45) is 41.4 Å². The van der Waals surface area contributed by atoms with Gasteiger partial charge in [-0.05, 0) is 105 Å². The van der Waals surface area contributed by atoms with Crippen LogP contribution >= 0.6 is 11.8 Å².